The van der Waals surface area contributed by atoms with Gasteiger partial charge in [-0.25, -0.2) is 9.59 Å². The van der Waals surface area contributed by atoms with Crippen molar-refractivity contribution in [3.63, 3.8) is 0 Å². The Morgan fingerprint density at radius 2 is 1.31 bits per heavy atom. The van der Waals surface area contributed by atoms with Gasteiger partial charge in [0, 0.05) is 20.0 Å². The zero-order chi connectivity index (χ0) is 21.1. The summed E-state index contributed by atoms with van der Waals surface area (Å²) >= 11 is 0. The van der Waals surface area contributed by atoms with E-state index >= 15 is 0 Å². The smallest absolute Gasteiger partial charge is 0.341 e. The zero-order valence-corrected chi connectivity index (χ0v) is 16.1. The van der Waals surface area contributed by atoms with Crippen LogP contribution in [0, 0.1) is 0 Å². The molecule has 0 amide bonds. The lowest BCUT2D eigenvalue weighted by molar-refractivity contribution is -0.148. The SMILES string of the molecule is CO[C@@H](Cc1ccc(OCCCOc2ccc(OCC(=O)O)cc2)cc1)C(=O)O. The van der Waals surface area contributed by atoms with Crippen LogP contribution in [0.15, 0.2) is 48.5 Å². The molecule has 0 saturated heterocycles. The van der Waals surface area contributed by atoms with E-state index in [4.69, 9.17) is 29.2 Å². The van der Waals surface area contributed by atoms with Gasteiger partial charge < -0.3 is 29.2 Å². The molecular formula is C21H24O8. The minimum Gasteiger partial charge on any atom is -0.493 e. The standard InChI is InChI=1S/C21H24O8/c1-26-19(21(24)25)13-15-3-5-16(6-4-15)27-11-2-12-28-17-7-9-18(10-8-17)29-14-20(22)23/h3-10,19H,2,11-14H2,1H3,(H,22,23)(H,24,25)/t19-/m0/s1. The van der Waals surface area contributed by atoms with E-state index in [-0.39, 0.29) is 6.61 Å². The van der Waals surface area contributed by atoms with E-state index in [1.165, 1.54) is 7.11 Å². The van der Waals surface area contributed by atoms with Crippen LogP contribution in [0.4, 0.5) is 0 Å². The van der Waals surface area contributed by atoms with Crippen LogP contribution in [0.25, 0.3) is 0 Å². The molecule has 0 spiro atoms. The Bertz CT molecular complexity index is 770. The maximum Gasteiger partial charge on any atom is 0.341 e. The van der Waals surface area contributed by atoms with Crippen LogP contribution in [0.1, 0.15) is 12.0 Å². The molecular weight excluding hydrogens is 380 g/mol. The average Bonchev–Trinajstić information content (AvgIpc) is 2.71. The number of carboxylic acid groups (broad SMARTS) is 2. The number of hydrogen-bond acceptors (Lipinski definition) is 6. The van der Waals surface area contributed by atoms with E-state index in [2.05, 4.69) is 0 Å². The summed E-state index contributed by atoms with van der Waals surface area (Å²) in [5, 5.41) is 17.6. The second kappa shape index (κ2) is 11.6. The fourth-order valence-corrected chi connectivity index (χ4v) is 2.42. The molecule has 0 aliphatic rings. The van der Waals surface area contributed by atoms with E-state index in [1.807, 2.05) is 12.1 Å². The Labute approximate surface area is 168 Å². The van der Waals surface area contributed by atoms with Crippen LogP contribution in [-0.4, -0.2) is 55.2 Å². The predicted octanol–water partition coefficient (Wildman–Crippen LogP) is 2.64. The number of benzene rings is 2. The summed E-state index contributed by atoms with van der Waals surface area (Å²) < 4.78 is 21.2. The fraction of sp³-hybridized carbons (Fsp3) is 0.333. The van der Waals surface area contributed by atoms with Crippen molar-refractivity contribution in [1.29, 1.82) is 0 Å². The molecule has 0 aromatic heterocycles. The van der Waals surface area contributed by atoms with E-state index in [1.54, 1.807) is 36.4 Å². The first-order valence-electron chi connectivity index (χ1n) is 9.02. The van der Waals surface area contributed by atoms with Crippen molar-refractivity contribution in [3.05, 3.63) is 54.1 Å². The third kappa shape index (κ3) is 8.10. The second-order valence-corrected chi connectivity index (χ2v) is 6.11. The quantitative estimate of drug-likeness (QED) is 0.490. The molecule has 2 rings (SSSR count). The number of methoxy groups -OCH3 is 1. The number of hydrogen-bond donors (Lipinski definition) is 2. The van der Waals surface area contributed by atoms with Gasteiger partial charge in [0.2, 0.25) is 0 Å². The fourth-order valence-electron chi connectivity index (χ4n) is 2.42. The van der Waals surface area contributed by atoms with Gasteiger partial charge in [-0.15, -0.1) is 0 Å². The first-order chi connectivity index (χ1) is 14.0. The molecule has 2 N–H and O–H groups in total. The van der Waals surface area contributed by atoms with E-state index < -0.39 is 18.0 Å². The van der Waals surface area contributed by atoms with Gasteiger partial charge in [-0.3, -0.25) is 0 Å². The molecule has 156 valence electrons. The Kier molecular flexibility index (Phi) is 8.78. The molecule has 0 saturated carbocycles. The third-order valence-corrected chi connectivity index (χ3v) is 3.92. The first-order valence-corrected chi connectivity index (χ1v) is 9.02. The Balaban J connectivity index is 1.66. The topological polar surface area (TPSA) is 112 Å². The Morgan fingerprint density at radius 3 is 1.76 bits per heavy atom. The van der Waals surface area contributed by atoms with Crippen LogP contribution in [0.2, 0.25) is 0 Å². The maximum atomic E-state index is 11.0. The summed E-state index contributed by atoms with van der Waals surface area (Å²) in [6.45, 7) is 0.543. The van der Waals surface area contributed by atoms with Crippen molar-refractivity contribution < 1.29 is 38.7 Å². The lowest BCUT2D eigenvalue weighted by Crippen LogP contribution is -2.24. The van der Waals surface area contributed by atoms with Gasteiger partial charge in [0.25, 0.3) is 0 Å². The highest BCUT2D eigenvalue weighted by Gasteiger charge is 2.16. The number of ether oxygens (including phenoxy) is 4. The molecule has 29 heavy (non-hydrogen) atoms. The van der Waals surface area contributed by atoms with E-state index in [9.17, 15) is 9.59 Å². The molecule has 0 fully saturated rings. The summed E-state index contributed by atoms with van der Waals surface area (Å²) in [4.78, 5) is 21.4. The normalized spacial score (nSPS) is 11.5. The van der Waals surface area contributed by atoms with E-state index in [0.717, 1.165) is 5.56 Å². The molecule has 2 aromatic rings. The number of rotatable bonds is 13. The molecule has 1 atom stereocenters. The van der Waals surface area contributed by atoms with Gasteiger partial charge in [-0.05, 0) is 42.0 Å². The largest absolute Gasteiger partial charge is 0.493 e. The van der Waals surface area contributed by atoms with Gasteiger partial charge in [0.1, 0.15) is 17.2 Å². The highest BCUT2D eigenvalue weighted by atomic mass is 16.5. The molecule has 8 nitrogen and oxygen atoms in total. The zero-order valence-electron chi connectivity index (χ0n) is 16.1. The van der Waals surface area contributed by atoms with Crippen LogP contribution >= 0.6 is 0 Å². The minimum absolute atomic E-state index is 0.292. The van der Waals surface area contributed by atoms with Crippen LogP contribution in [0.5, 0.6) is 17.2 Å². The molecule has 0 aliphatic carbocycles. The molecule has 0 bridgehead atoms. The van der Waals surface area contributed by atoms with Crippen LogP contribution < -0.4 is 14.2 Å². The Morgan fingerprint density at radius 1 is 0.828 bits per heavy atom. The second-order valence-electron chi connectivity index (χ2n) is 6.11. The van der Waals surface area contributed by atoms with Crippen molar-refractivity contribution in [3.8, 4) is 17.2 Å². The number of carbonyl (C=O) groups is 2. The summed E-state index contributed by atoms with van der Waals surface area (Å²) in [7, 11) is 1.37. The lowest BCUT2D eigenvalue weighted by Gasteiger charge is -2.11. The molecule has 2 aromatic carbocycles. The summed E-state index contributed by atoms with van der Waals surface area (Å²) in [6.07, 6.45) is 0.0980. The van der Waals surface area contributed by atoms with Crippen molar-refractivity contribution in [2.45, 2.75) is 18.9 Å². The average molecular weight is 404 g/mol. The molecule has 0 aliphatic heterocycles. The van der Waals surface area contributed by atoms with Gasteiger partial charge in [0.05, 0.1) is 13.2 Å². The monoisotopic (exact) mass is 404 g/mol. The number of carboxylic acids is 2. The maximum absolute atomic E-state index is 11.0. The molecule has 0 radical (unpaired) electrons. The first kappa shape index (κ1) is 22.0. The summed E-state index contributed by atoms with van der Waals surface area (Å²) in [5.74, 6) is -0.206. The number of aliphatic carboxylic acids is 2. The van der Waals surface area contributed by atoms with Crippen molar-refractivity contribution in [2.24, 2.45) is 0 Å². The van der Waals surface area contributed by atoms with Crippen LogP contribution in [0.3, 0.4) is 0 Å². The summed E-state index contributed by atoms with van der Waals surface area (Å²) in [5.41, 5.74) is 0.853. The Hall–Kier alpha value is -3.26. The molecule has 0 unspecified atom stereocenters. The predicted molar refractivity (Wildman–Crippen MR) is 104 cm³/mol. The highest BCUT2D eigenvalue weighted by Crippen LogP contribution is 2.18. The van der Waals surface area contributed by atoms with Gasteiger partial charge in [-0.1, -0.05) is 12.1 Å². The third-order valence-electron chi connectivity index (χ3n) is 3.92. The molecule has 8 heteroatoms. The van der Waals surface area contributed by atoms with E-state index in [0.29, 0.717) is 43.3 Å². The van der Waals surface area contributed by atoms with Crippen LogP contribution in [-0.2, 0) is 20.7 Å². The van der Waals surface area contributed by atoms with Crippen molar-refractivity contribution >= 4 is 11.9 Å². The van der Waals surface area contributed by atoms with Gasteiger partial charge in [0.15, 0.2) is 12.7 Å². The van der Waals surface area contributed by atoms with Crippen molar-refractivity contribution in [2.75, 3.05) is 26.9 Å². The molecule has 0 heterocycles. The minimum atomic E-state index is -1.03. The lowest BCUT2D eigenvalue weighted by atomic mass is 10.1. The highest BCUT2D eigenvalue weighted by molar-refractivity contribution is 5.72. The van der Waals surface area contributed by atoms with Crippen molar-refractivity contribution in [1.82, 2.24) is 0 Å². The summed E-state index contributed by atoms with van der Waals surface area (Å²) in [6, 6.07) is 13.9. The van der Waals surface area contributed by atoms with Gasteiger partial charge in [-0.2, -0.15) is 0 Å². The van der Waals surface area contributed by atoms with Gasteiger partial charge >= 0.3 is 11.9 Å².